The van der Waals surface area contributed by atoms with Crippen LogP contribution in [-0.2, 0) is 9.13 Å². The van der Waals surface area contributed by atoms with Crippen LogP contribution in [0.5, 0.6) is 11.5 Å². The molecule has 0 spiro atoms. The molecule has 0 aromatic heterocycles. The van der Waals surface area contributed by atoms with Gasteiger partial charge in [0.1, 0.15) is 11.5 Å². The smallest absolute Gasteiger partial charge is 0.411 e. The minimum Gasteiger partial charge on any atom is -0.422 e. The molecule has 40 heavy (non-hydrogen) atoms. The first kappa shape index (κ1) is 36.1. The van der Waals surface area contributed by atoms with Crippen LogP contribution in [0.25, 0.3) is 11.1 Å². The molecular weight excluding hydrogens is 679 g/mol. The van der Waals surface area contributed by atoms with Gasteiger partial charge in [0.15, 0.2) is 0 Å². The first-order valence-corrected chi connectivity index (χ1v) is 19.8. The van der Waals surface area contributed by atoms with Crippen LogP contribution in [0.4, 0.5) is 0 Å². The number of alkyl halides is 4. The molecule has 0 radical (unpaired) electrons. The third-order valence-electron chi connectivity index (χ3n) is 5.96. The van der Waals surface area contributed by atoms with Gasteiger partial charge in [-0.2, -0.15) is 0 Å². The summed E-state index contributed by atoms with van der Waals surface area (Å²) in [7, 11) is 0. The Labute approximate surface area is 267 Å². The minimum absolute atomic E-state index is 0.249. The summed E-state index contributed by atoms with van der Waals surface area (Å²) in [5.74, 6) is 1.76. The topological polar surface area (TPSA) is 59.1 Å². The maximum absolute atomic E-state index is 13.0. The lowest BCUT2D eigenvalue weighted by Crippen LogP contribution is -2.25. The van der Waals surface area contributed by atoms with Crippen molar-refractivity contribution in [2.75, 3.05) is 49.7 Å². The Kier molecular flexibility index (Phi) is 16.1. The van der Waals surface area contributed by atoms with Crippen molar-refractivity contribution in [2.45, 2.75) is 26.7 Å². The van der Waals surface area contributed by atoms with Crippen LogP contribution in [0.15, 0.2) is 48.5 Å². The third-order valence-corrected chi connectivity index (χ3v) is 11.4. The van der Waals surface area contributed by atoms with Crippen molar-refractivity contribution < 1.29 is 18.2 Å². The summed E-state index contributed by atoms with van der Waals surface area (Å²) in [5.41, 5.74) is 4.28. The van der Waals surface area contributed by atoms with Crippen LogP contribution >= 0.6 is 82.6 Å². The average molecular weight is 713 g/mol. The number of hydrogen-bond donors (Lipinski definition) is 0. The Bertz CT molecular complexity index is 1080. The fourth-order valence-corrected chi connectivity index (χ4v) is 9.11. The normalized spacial score (nSPS) is 15.4. The fourth-order valence-electron chi connectivity index (χ4n) is 4.08. The summed E-state index contributed by atoms with van der Waals surface area (Å²) in [6, 6.07) is 14.6. The summed E-state index contributed by atoms with van der Waals surface area (Å²) in [6.45, 7) is -1.94. The minimum atomic E-state index is -3.64. The molecule has 0 saturated carbocycles. The van der Waals surface area contributed by atoms with Crippen molar-refractivity contribution in [3.8, 4) is 11.5 Å². The van der Waals surface area contributed by atoms with Gasteiger partial charge < -0.3 is 9.05 Å². The lowest BCUT2D eigenvalue weighted by molar-refractivity contribution is 0.389. The summed E-state index contributed by atoms with van der Waals surface area (Å²) in [6.07, 6.45) is 1.55. The maximum Gasteiger partial charge on any atom is 0.411 e. The van der Waals surface area contributed by atoms with Crippen molar-refractivity contribution in [2.24, 2.45) is 0 Å². The van der Waals surface area contributed by atoms with Gasteiger partial charge in [0, 0.05) is 72.2 Å². The molecule has 224 valence electrons. The number of nitrogens with zero attached hydrogens (tertiary/aromatic N) is 2. The fraction of sp³-hybridized carbons (Fsp3) is 0.462. The average Bonchev–Trinajstić information content (AvgIpc) is 2.92. The Hall–Kier alpha value is -0.100. The molecule has 0 fully saturated rings. The first-order chi connectivity index (χ1) is 19.1. The first-order valence-electron chi connectivity index (χ1n) is 12.7. The standard InChI is InChI=1S/C26H34Cl6N2O4P2/c1-3-25(21-5-9-23(10-6-21)37-39(31,35)33(17-13-27)18-14-28)26(4-2)22-7-11-24(12-8-22)38-40(32,36)34(19-15-29)20-16-30/h5-12H,3-4,13-20H2,1-2H3/b26-25-/t39-,40+. The second kappa shape index (κ2) is 17.9. The van der Waals surface area contributed by atoms with E-state index >= 15 is 0 Å². The van der Waals surface area contributed by atoms with Crippen molar-refractivity contribution in [3.05, 3.63) is 59.7 Å². The maximum atomic E-state index is 13.0. The van der Waals surface area contributed by atoms with E-state index in [1.54, 1.807) is 24.3 Å². The molecule has 2 rings (SSSR count). The van der Waals surface area contributed by atoms with Gasteiger partial charge in [0.2, 0.25) is 0 Å². The highest BCUT2D eigenvalue weighted by atomic mass is 35.7. The van der Waals surface area contributed by atoms with E-state index in [0.29, 0.717) is 37.7 Å². The summed E-state index contributed by atoms with van der Waals surface area (Å²) in [4.78, 5) is 0. The molecule has 0 saturated heterocycles. The highest BCUT2D eigenvalue weighted by Gasteiger charge is 2.31. The lowest BCUT2D eigenvalue weighted by atomic mass is 9.91. The van der Waals surface area contributed by atoms with E-state index in [9.17, 15) is 9.13 Å². The molecule has 2 atom stereocenters. The van der Waals surface area contributed by atoms with Gasteiger partial charge in [-0.05, 0) is 59.4 Å². The molecule has 0 N–H and O–H groups in total. The van der Waals surface area contributed by atoms with Crippen molar-refractivity contribution in [1.29, 1.82) is 0 Å². The van der Waals surface area contributed by atoms with Crippen LogP contribution in [0.2, 0.25) is 0 Å². The SMILES string of the molecule is CC/C(=C(\CC)c1ccc(O[P@@](=O)(Cl)N(CCCl)CCCl)cc1)c1ccc(O[P@](=O)(Cl)N(CCCl)CCCl)cc1. The molecule has 2 aromatic rings. The largest absolute Gasteiger partial charge is 0.422 e. The number of allylic oxidation sites excluding steroid dienone is 2. The van der Waals surface area contributed by atoms with E-state index in [-0.39, 0.29) is 23.5 Å². The predicted octanol–water partition coefficient (Wildman–Crippen LogP) is 10.4. The van der Waals surface area contributed by atoms with E-state index in [2.05, 4.69) is 13.8 Å². The Morgan fingerprint density at radius 3 is 1.10 bits per heavy atom. The molecule has 0 aliphatic carbocycles. The zero-order chi connectivity index (χ0) is 29.8. The molecule has 0 unspecified atom stereocenters. The zero-order valence-corrected chi connectivity index (χ0v) is 28.7. The Morgan fingerprint density at radius 2 is 0.875 bits per heavy atom. The quantitative estimate of drug-likeness (QED) is 0.0871. The molecule has 0 amide bonds. The van der Waals surface area contributed by atoms with Crippen molar-refractivity contribution in [1.82, 2.24) is 9.34 Å². The Morgan fingerprint density at radius 1 is 0.600 bits per heavy atom. The van der Waals surface area contributed by atoms with Crippen LogP contribution < -0.4 is 9.05 Å². The van der Waals surface area contributed by atoms with Crippen molar-refractivity contribution >= 4 is 93.8 Å². The molecular formula is C26H34Cl6N2O4P2. The Balaban J connectivity index is 2.28. The monoisotopic (exact) mass is 710 g/mol. The number of rotatable bonds is 18. The molecule has 0 bridgehead atoms. The summed E-state index contributed by atoms with van der Waals surface area (Å²) in [5, 5.41) is 0. The summed E-state index contributed by atoms with van der Waals surface area (Å²) >= 11 is 35.8. The molecule has 6 nitrogen and oxygen atoms in total. The van der Waals surface area contributed by atoms with E-state index < -0.39 is 13.7 Å². The molecule has 14 heteroatoms. The van der Waals surface area contributed by atoms with Gasteiger partial charge in [-0.15, -0.1) is 46.4 Å². The van der Waals surface area contributed by atoms with Crippen LogP contribution in [0.1, 0.15) is 37.8 Å². The number of halogens is 6. The van der Waals surface area contributed by atoms with Gasteiger partial charge >= 0.3 is 13.7 Å². The molecule has 2 aromatic carbocycles. The van der Waals surface area contributed by atoms with E-state index in [1.807, 2.05) is 24.3 Å². The second-order valence-corrected chi connectivity index (χ2v) is 15.8. The number of hydrogen-bond acceptors (Lipinski definition) is 4. The summed E-state index contributed by atoms with van der Waals surface area (Å²) < 4.78 is 40.2. The van der Waals surface area contributed by atoms with Crippen LogP contribution in [-0.4, -0.2) is 59.0 Å². The van der Waals surface area contributed by atoms with E-state index in [1.165, 1.54) is 9.34 Å². The van der Waals surface area contributed by atoms with E-state index in [4.69, 9.17) is 77.9 Å². The third kappa shape index (κ3) is 10.6. The van der Waals surface area contributed by atoms with Gasteiger partial charge in [-0.3, -0.25) is 0 Å². The van der Waals surface area contributed by atoms with Crippen LogP contribution in [0, 0.1) is 0 Å². The highest BCUT2D eigenvalue weighted by molar-refractivity contribution is 7.84. The second-order valence-electron chi connectivity index (χ2n) is 8.46. The van der Waals surface area contributed by atoms with Crippen LogP contribution in [0.3, 0.4) is 0 Å². The van der Waals surface area contributed by atoms with Gasteiger partial charge in [-0.1, -0.05) is 38.1 Å². The van der Waals surface area contributed by atoms with E-state index in [0.717, 1.165) is 35.1 Å². The van der Waals surface area contributed by atoms with Crippen molar-refractivity contribution in [3.63, 3.8) is 0 Å². The molecule has 0 aliphatic rings. The number of benzene rings is 2. The molecule has 0 heterocycles. The highest BCUT2D eigenvalue weighted by Crippen LogP contribution is 2.56. The lowest BCUT2D eigenvalue weighted by Gasteiger charge is -2.25. The van der Waals surface area contributed by atoms with Gasteiger partial charge in [0.05, 0.1) is 0 Å². The zero-order valence-electron chi connectivity index (χ0n) is 22.4. The predicted molar refractivity (Wildman–Crippen MR) is 174 cm³/mol. The molecule has 0 aliphatic heterocycles. The van der Waals surface area contributed by atoms with Gasteiger partial charge in [0.25, 0.3) is 0 Å². The van der Waals surface area contributed by atoms with Gasteiger partial charge in [-0.25, -0.2) is 18.5 Å².